The van der Waals surface area contributed by atoms with Crippen LogP contribution in [0.15, 0.2) is 12.2 Å². The number of rotatable bonds is 6. The largest absolute Gasteiger partial charge is 0.459 e. The summed E-state index contributed by atoms with van der Waals surface area (Å²) in [4.78, 5) is 35.0. The molecule has 1 N–H and O–H groups in total. The number of amides is 3. The van der Waals surface area contributed by atoms with Crippen molar-refractivity contribution in [3.8, 4) is 0 Å². The summed E-state index contributed by atoms with van der Waals surface area (Å²) < 4.78 is 9.55. The van der Waals surface area contributed by atoms with Gasteiger partial charge in [-0.05, 0) is 20.8 Å². The van der Waals surface area contributed by atoms with Gasteiger partial charge >= 0.3 is 18.1 Å². The summed E-state index contributed by atoms with van der Waals surface area (Å²) >= 11 is 0. The minimum atomic E-state index is -0.778. The van der Waals surface area contributed by atoms with Crippen LogP contribution in [0.5, 0.6) is 0 Å². The molecule has 19 heavy (non-hydrogen) atoms. The maximum Gasteiger partial charge on any atom is 0.418 e. The highest BCUT2D eigenvalue weighted by atomic mass is 16.6. The number of imide groups is 1. The standard InChI is InChI=1S/C12H20N2O5/c1-5-13-11(16)14(6-2)12(17)19-8-7-18-10(15)9(3)4/h3,5-8H2,1-2,4H3,(H,13,16). The van der Waals surface area contributed by atoms with Crippen LogP contribution in [0, 0.1) is 0 Å². The summed E-state index contributed by atoms with van der Waals surface area (Å²) in [7, 11) is 0. The fourth-order valence-electron chi connectivity index (χ4n) is 1.07. The number of nitrogens with zero attached hydrogens (tertiary/aromatic N) is 1. The third-order valence-corrected chi connectivity index (χ3v) is 2.00. The van der Waals surface area contributed by atoms with Gasteiger partial charge in [-0.2, -0.15) is 0 Å². The van der Waals surface area contributed by atoms with Crippen LogP contribution in [0.25, 0.3) is 0 Å². The summed E-state index contributed by atoms with van der Waals surface area (Å²) in [6.07, 6.45) is -0.778. The van der Waals surface area contributed by atoms with Gasteiger partial charge in [-0.1, -0.05) is 6.58 Å². The molecule has 0 aliphatic rings. The highest BCUT2D eigenvalue weighted by Crippen LogP contribution is 1.96. The van der Waals surface area contributed by atoms with Gasteiger partial charge in [-0.3, -0.25) is 0 Å². The Labute approximate surface area is 112 Å². The Morgan fingerprint density at radius 3 is 2.21 bits per heavy atom. The van der Waals surface area contributed by atoms with Gasteiger partial charge in [0.15, 0.2) is 0 Å². The first kappa shape index (κ1) is 16.9. The van der Waals surface area contributed by atoms with Crippen LogP contribution in [0.1, 0.15) is 20.8 Å². The summed E-state index contributed by atoms with van der Waals surface area (Å²) in [6, 6.07) is -0.520. The van der Waals surface area contributed by atoms with Crippen molar-refractivity contribution in [3.05, 3.63) is 12.2 Å². The molecule has 0 saturated heterocycles. The normalized spacial score (nSPS) is 9.42. The van der Waals surface area contributed by atoms with E-state index in [1.165, 1.54) is 6.92 Å². The van der Waals surface area contributed by atoms with E-state index in [1.807, 2.05) is 0 Å². The molecule has 0 rings (SSSR count). The molecule has 7 nitrogen and oxygen atoms in total. The average Bonchev–Trinajstić information content (AvgIpc) is 2.35. The molecular formula is C12H20N2O5. The molecule has 0 spiro atoms. The summed E-state index contributed by atoms with van der Waals surface area (Å²) in [6.45, 7) is 8.73. The molecule has 7 heteroatoms. The Bertz CT molecular complexity index is 354. The summed E-state index contributed by atoms with van der Waals surface area (Å²) in [5, 5.41) is 2.49. The number of carbonyl (C=O) groups excluding carboxylic acids is 3. The maximum absolute atomic E-state index is 11.6. The summed E-state index contributed by atoms with van der Waals surface area (Å²) in [5.74, 6) is -0.549. The lowest BCUT2D eigenvalue weighted by molar-refractivity contribution is -0.140. The number of nitrogens with one attached hydrogen (secondary N) is 1. The van der Waals surface area contributed by atoms with Crippen LogP contribution in [-0.4, -0.2) is 49.3 Å². The van der Waals surface area contributed by atoms with Gasteiger partial charge in [0.1, 0.15) is 13.2 Å². The van der Waals surface area contributed by atoms with Gasteiger partial charge in [0.2, 0.25) is 0 Å². The van der Waals surface area contributed by atoms with Gasteiger partial charge in [-0.15, -0.1) is 0 Å². The molecule has 0 aromatic rings. The van der Waals surface area contributed by atoms with Crippen LogP contribution in [0.2, 0.25) is 0 Å². The third kappa shape index (κ3) is 6.44. The van der Waals surface area contributed by atoms with Crippen LogP contribution in [0.4, 0.5) is 9.59 Å². The average molecular weight is 272 g/mol. The lowest BCUT2D eigenvalue weighted by Gasteiger charge is -2.18. The zero-order valence-corrected chi connectivity index (χ0v) is 11.5. The van der Waals surface area contributed by atoms with E-state index in [0.717, 1.165) is 4.90 Å². The first-order valence-corrected chi connectivity index (χ1v) is 5.98. The minimum absolute atomic E-state index is 0.0790. The van der Waals surface area contributed by atoms with Gasteiger partial charge in [0.25, 0.3) is 0 Å². The SMILES string of the molecule is C=C(C)C(=O)OCCOC(=O)N(CC)C(=O)NCC. The van der Waals surface area contributed by atoms with E-state index in [0.29, 0.717) is 6.54 Å². The lowest BCUT2D eigenvalue weighted by atomic mass is 10.4. The van der Waals surface area contributed by atoms with Crippen LogP contribution < -0.4 is 5.32 Å². The fraction of sp³-hybridized carbons (Fsp3) is 0.583. The number of hydrogen-bond donors (Lipinski definition) is 1. The molecule has 0 radical (unpaired) electrons. The summed E-state index contributed by atoms with van der Waals surface area (Å²) in [5.41, 5.74) is 0.267. The first-order chi connectivity index (χ1) is 8.93. The molecule has 108 valence electrons. The monoisotopic (exact) mass is 272 g/mol. The van der Waals surface area contributed by atoms with Crippen molar-refractivity contribution in [1.82, 2.24) is 10.2 Å². The minimum Gasteiger partial charge on any atom is -0.459 e. The zero-order valence-electron chi connectivity index (χ0n) is 11.5. The van der Waals surface area contributed by atoms with E-state index >= 15 is 0 Å². The predicted molar refractivity (Wildman–Crippen MR) is 68.6 cm³/mol. The number of hydrogen-bond acceptors (Lipinski definition) is 5. The molecule has 0 aromatic heterocycles. The Morgan fingerprint density at radius 1 is 1.16 bits per heavy atom. The topological polar surface area (TPSA) is 84.9 Å². The van der Waals surface area contributed by atoms with E-state index in [2.05, 4.69) is 11.9 Å². The molecule has 0 aliphatic carbocycles. The molecule has 0 aliphatic heterocycles. The van der Waals surface area contributed by atoms with E-state index in [1.54, 1.807) is 13.8 Å². The third-order valence-electron chi connectivity index (χ3n) is 2.00. The van der Waals surface area contributed by atoms with Crippen LogP contribution >= 0.6 is 0 Å². The molecular weight excluding hydrogens is 252 g/mol. The number of ether oxygens (including phenoxy) is 2. The highest BCUT2D eigenvalue weighted by molar-refractivity contribution is 5.90. The Morgan fingerprint density at radius 2 is 1.74 bits per heavy atom. The molecule has 0 bridgehead atoms. The smallest absolute Gasteiger partial charge is 0.418 e. The van der Waals surface area contributed by atoms with Crippen molar-refractivity contribution in [2.24, 2.45) is 0 Å². The quantitative estimate of drug-likeness (QED) is 0.447. The van der Waals surface area contributed by atoms with Crippen molar-refractivity contribution in [2.75, 3.05) is 26.3 Å². The fourth-order valence-corrected chi connectivity index (χ4v) is 1.07. The Balaban J connectivity index is 4.05. The predicted octanol–water partition coefficient (Wildman–Crippen LogP) is 1.29. The van der Waals surface area contributed by atoms with Gasteiger partial charge in [0, 0.05) is 18.7 Å². The van der Waals surface area contributed by atoms with E-state index < -0.39 is 18.1 Å². The van der Waals surface area contributed by atoms with Crippen molar-refractivity contribution in [3.63, 3.8) is 0 Å². The van der Waals surface area contributed by atoms with Gasteiger partial charge in [-0.25, -0.2) is 19.3 Å². The molecule has 3 amide bonds. The Kier molecular flexibility index (Phi) is 7.99. The van der Waals surface area contributed by atoms with Crippen molar-refractivity contribution >= 4 is 18.1 Å². The first-order valence-electron chi connectivity index (χ1n) is 5.98. The second-order valence-electron chi connectivity index (χ2n) is 3.61. The van der Waals surface area contributed by atoms with Gasteiger partial charge < -0.3 is 14.8 Å². The van der Waals surface area contributed by atoms with Crippen molar-refractivity contribution in [2.45, 2.75) is 20.8 Å². The molecule has 0 heterocycles. The second-order valence-corrected chi connectivity index (χ2v) is 3.61. The van der Waals surface area contributed by atoms with Crippen molar-refractivity contribution < 1.29 is 23.9 Å². The van der Waals surface area contributed by atoms with Crippen LogP contribution in [0.3, 0.4) is 0 Å². The van der Waals surface area contributed by atoms with Crippen molar-refractivity contribution in [1.29, 1.82) is 0 Å². The van der Waals surface area contributed by atoms with E-state index in [9.17, 15) is 14.4 Å². The Hall–Kier alpha value is -2.05. The number of carbonyl (C=O) groups is 3. The molecule has 0 fully saturated rings. The van der Waals surface area contributed by atoms with Crippen LogP contribution in [-0.2, 0) is 14.3 Å². The van der Waals surface area contributed by atoms with Gasteiger partial charge in [0.05, 0.1) is 0 Å². The van der Waals surface area contributed by atoms with E-state index in [-0.39, 0.29) is 25.3 Å². The molecule has 0 unspecified atom stereocenters. The second kappa shape index (κ2) is 8.96. The molecule has 0 saturated carbocycles. The molecule has 0 aromatic carbocycles. The number of urea groups is 1. The van der Waals surface area contributed by atoms with E-state index in [4.69, 9.17) is 9.47 Å². The molecule has 0 atom stereocenters. The lowest BCUT2D eigenvalue weighted by Crippen LogP contribution is -2.44. The highest BCUT2D eigenvalue weighted by Gasteiger charge is 2.20. The maximum atomic E-state index is 11.6. The number of esters is 1. The zero-order chi connectivity index (χ0) is 14.8.